The average molecular weight is 303 g/mol. The lowest BCUT2D eigenvalue weighted by Gasteiger charge is -2.30. The van der Waals surface area contributed by atoms with Gasteiger partial charge in [-0.3, -0.25) is 4.79 Å². The van der Waals surface area contributed by atoms with E-state index < -0.39 is 0 Å². The minimum absolute atomic E-state index is 0.178. The van der Waals surface area contributed by atoms with E-state index in [2.05, 4.69) is 20.9 Å². The monoisotopic (exact) mass is 302 g/mol. The second-order valence-corrected chi connectivity index (χ2v) is 6.56. The van der Waals surface area contributed by atoms with Gasteiger partial charge in [0.2, 0.25) is 5.91 Å². The van der Waals surface area contributed by atoms with E-state index in [9.17, 15) is 4.79 Å². The van der Waals surface area contributed by atoms with Gasteiger partial charge in [-0.15, -0.1) is 11.3 Å². The van der Waals surface area contributed by atoms with E-state index in [-0.39, 0.29) is 5.91 Å². The van der Waals surface area contributed by atoms with Gasteiger partial charge in [-0.2, -0.15) is 0 Å². The normalized spacial score (nSPS) is 21.2. The van der Waals surface area contributed by atoms with Crippen LogP contribution in [0.1, 0.15) is 36.4 Å². The average Bonchev–Trinajstić information content (AvgIpc) is 2.59. The molecule has 1 fully saturated rings. The molecule has 0 radical (unpaired) electrons. The number of amides is 1. The molecule has 1 aliphatic rings. The third kappa shape index (κ3) is 2.46. The molecule has 1 aromatic rings. The number of thiazole rings is 1. The first-order valence-corrected chi connectivity index (χ1v) is 7.07. The Bertz CT molecular complexity index is 385. The molecule has 0 N–H and O–H groups in total. The zero-order valence-corrected chi connectivity index (χ0v) is 11.9. The van der Waals surface area contributed by atoms with Crippen LogP contribution in [-0.2, 0) is 4.79 Å². The molecule has 1 aliphatic heterocycles. The number of rotatable bonds is 1. The van der Waals surface area contributed by atoms with Crippen molar-refractivity contribution in [2.24, 2.45) is 0 Å². The van der Waals surface area contributed by atoms with Gasteiger partial charge in [0.05, 0.1) is 14.5 Å². The highest BCUT2D eigenvalue weighted by Gasteiger charge is 2.25. The third-order valence-electron chi connectivity index (χ3n) is 2.97. The Morgan fingerprint density at radius 3 is 2.94 bits per heavy atom. The Labute approximate surface area is 108 Å². The van der Waals surface area contributed by atoms with Gasteiger partial charge < -0.3 is 4.90 Å². The van der Waals surface area contributed by atoms with Gasteiger partial charge in [0.15, 0.2) is 0 Å². The lowest BCUT2D eigenvalue weighted by molar-refractivity contribution is -0.130. The molecule has 1 saturated heterocycles. The molecule has 1 amide bonds. The van der Waals surface area contributed by atoms with E-state index >= 15 is 0 Å². The minimum atomic E-state index is 0.178. The Kier molecular flexibility index (Phi) is 3.64. The topological polar surface area (TPSA) is 33.2 Å². The van der Waals surface area contributed by atoms with Gasteiger partial charge in [0.25, 0.3) is 0 Å². The summed E-state index contributed by atoms with van der Waals surface area (Å²) in [4.78, 5) is 17.8. The van der Waals surface area contributed by atoms with Crippen LogP contribution in [0.5, 0.6) is 0 Å². The standard InChI is InChI=1S/C11H15BrN2OS/c1-7-10(12)16-11(13-7)9-4-3-5-14(6-9)8(2)15/h9H,3-6H2,1-2H3. The first-order chi connectivity index (χ1) is 7.58. The number of hydrogen-bond donors (Lipinski definition) is 0. The summed E-state index contributed by atoms with van der Waals surface area (Å²) in [6, 6.07) is 0. The molecule has 2 rings (SSSR count). The molecule has 0 aliphatic carbocycles. The SMILES string of the molecule is CC(=O)N1CCCC(c2nc(C)c(Br)s2)C1. The molecule has 5 heteroatoms. The minimum Gasteiger partial charge on any atom is -0.342 e. The molecule has 3 nitrogen and oxygen atoms in total. The number of halogens is 1. The number of likely N-dealkylation sites (tertiary alicyclic amines) is 1. The first kappa shape index (κ1) is 12.0. The fraction of sp³-hybridized carbons (Fsp3) is 0.636. The summed E-state index contributed by atoms with van der Waals surface area (Å²) in [5.74, 6) is 0.602. The first-order valence-electron chi connectivity index (χ1n) is 5.46. The van der Waals surface area contributed by atoms with Gasteiger partial charge in [0, 0.05) is 25.9 Å². The predicted octanol–water partition coefficient (Wildman–Crippen LogP) is 2.94. The fourth-order valence-corrected chi connectivity index (χ4v) is 3.54. The molecular weight excluding hydrogens is 288 g/mol. The number of carbonyl (C=O) groups excluding carboxylic acids is 1. The summed E-state index contributed by atoms with van der Waals surface area (Å²) in [5, 5.41) is 1.16. The van der Waals surface area contributed by atoms with Crippen LogP contribution in [0.3, 0.4) is 0 Å². The molecule has 1 atom stereocenters. The van der Waals surface area contributed by atoms with Crippen LogP contribution < -0.4 is 0 Å². The largest absolute Gasteiger partial charge is 0.342 e. The van der Waals surface area contributed by atoms with Gasteiger partial charge in [-0.05, 0) is 35.7 Å². The highest BCUT2D eigenvalue weighted by Crippen LogP contribution is 2.33. The Morgan fingerprint density at radius 1 is 1.62 bits per heavy atom. The molecule has 0 bridgehead atoms. The van der Waals surface area contributed by atoms with Crippen LogP contribution in [0.25, 0.3) is 0 Å². The Balaban J connectivity index is 2.12. The number of piperidine rings is 1. The van der Waals surface area contributed by atoms with E-state index in [1.54, 1.807) is 18.3 Å². The van der Waals surface area contributed by atoms with Crippen LogP contribution in [0, 0.1) is 6.92 Å². The number of hydrogen-bond acceptors (Lipinski definition) is 3. The summed E-state index contributed by atoms with van der Waals surface area (Å²) >= 11 is 5.20. The van der Waals surface area contributed by atoms with E-state index in [0.717, 1.165) is 40.4 Å². The zero-order chi connectivity index (χ0) is 11.7. The van der Waals surface area contributed by atoms with Crippen molar-refractivity contribution in [1.29, 1.82) is 0 Å². The van der Waals surface area contributed by atoms with Crippen molar-refractivity contribution in [3.8, 4) is 0 Å². The van der Waals surface area contributed by atoms with Crippen molar-refractivity contribution in [1.82, 2.24) is 9.88 Å². The molecule has 88 valence electrons. The number of carbonyl (C=O) groups is 1. The van der Waals surface area contributed by atoms with E-state index in [1.807, 2.05) is 11.8 Å². The molecule has 1 aromatic heterocycles. The molecule has 0 spiro atoms. The van der Waals surface area contributed by atoms with Crippen molar-refractivity contribution >= 4 is 33.2 Å². The summed E-state index contributed by atoms with van der Waals surface area (Å²) in [5.41, 5.74) is 1.06. The van der Waals surface area contributed by atoms with Crippen molar-refractivity contribution in [2.45, 2.75) is 32.6 Å². The van der Waals surface area contributed by atoms with Crippen LogP contribution >= 0.6 is 27.3 Å². The lowest BCUT2D eigenvalue weighted by Crippen LogP contribution is -2.37. The lowest BCUT2D eigenvalue weighted by atomic mass is 9.99. The van der Waals surface area contributed by atoms with Crippen molar-refractivity contribution < 1.29 is 4.79 Å². The smallest absolute Gasteiger partial charge is 0.219 e. The van der Waals surface area contributed by atoms with E-state index in [0.29, 0.717) is 5.92 Å². The summed E-state index contributed by atoms with van der Waals surface area (Å²) in [6.07, 6.45) is 2.23. The fourth-order valence-electron chi connectivity index (χ4n) is 2.04. The molecule has 0 aromatic carbocycles. The molecule has 1 unspecified atom stereocenters. The number of aryl methyl sites for hydroxylation is 1. The van der Waals surface area contributed by atoms with Crippen LogP contribution in [-0.4, -0.2) is 28.9 Å². The second-order valence-electron chi connectivity index (χ2n) is 4.22. The van der Waals surface area contributed by atoms with Gasteiger partial charge in [-0.1, -0.05) is 0 Å². The van der Waals surface area contributed by atoms with E-state index in [1.165, 1.54) is 0 Å². The Morgan fingerprint density at radius 2 is 2.38 bits per heavy atom. The van der Waals surface area contributed by atoms with Gasteiger partial charge in [-0.25, -0.2) is 4.98 Å². The van der Waals surface area contributed by atoms with Gasteiger partial charge in [0.1, 0.15) is 0 Å². The second kappa shape index (κ2) is 4.84. The highest BCUT2D eigenvalue weighted by atomic mass is 79.9. The van der Waals surface area contributed by atoms with Crippen molar-refractivity contribution in [3.63, 3.8) is 0 Å². The zero-order valence-electron chi connectivity index (χ0n) is 9.49. The third-order valence-corrected chi connectivity index (χ3v) is 5.14. The highest BCUT2D eigenvalue weighted by molar-refractivity contribution is 9.11. The Hall–Kier alpha value is -0.420. The molecule has 2 heterocycles. The summed E-state index contributed by atoms with van der Waals surface area (Å²) < 4.78 is 1.11. The van der Waals surface area contributed by atoms with Crippen molar-refractivity contribution in [2.75, 3.05) is 13.1 Å². The van der Waals surface area contributed by atoms with Crippen molar-refractivity contribution in [3.05, 3.63) is 14.5 Å². The van der Waals surface area contributed by atoms with Gasteiger partial charge >= 0.3 is 0 Å². The maximum absolute atomic E-state index is 11.3. The summed E-state index contributed by atoms with van der Waals surface area (Å²) in [6.45, 7) is 5.38. The maximum atomic E-state index is 11.3. The molecular formula is C11H15BrN2OS. The molecule has 16 heavy (non-hydrogen) atoms. The number of aromatic nitrogens is 1. The van der Waals surface area contributed by atoms with E-state index in [4.69, 9.17) is 0 Å². The number of nitrogens with zero attached hydrogens (tertiary/aromatic N) is 2. The van der Waals surface area contributed by atoms with Crippen LogP contribution in [0.4, 0.5) is 0 Å². The maximum Gasteiger partial charge on any atom is 0.219 e. The quantitative estimate of drug-likeness (QED) is 0.799. The van der Waals surface area contributed by atoms with Crippen LogP contribution in [0.15, 0.2) is 3.79 Å². The van der Waals surface area contributed by atoms with Crippen LogP contribution in [0.2, 0.25) is 0 Å². The molecule has 0 saturated carbocycles. The summed E-state index contributed by atoms with van der Waals surface area (Å²) in [7, 11) is 0. The predicted molar refractivity (Wildman–Crippen MR) is 68.8 cm³/mol.